The van der Waals surface area contributed by atoms with Crippen LogP contribution in [0.5, 0.6) is 5.75 Å². The second-order valence-electron chi connectivity index (χ2n) is 5.27. The summed E-state index contributed by atoms with van der Waals surface area (Å²) in [7, 11) is 0. The summed E-state index contributed by atoms with van der Waals surface area (Å²) >= 11 is 10.6. The van der Waals surface area contributed by atoms with E-state index in [2.05, 4.69) is 78.1 Å². The normalized spacial score (nSPS) is 13.3. The maximum Gasteiger partial charge on any atom is 0.148 e. The van der Waals surface area contributed by atoms with Crippen molar-refractivity contribution in [2.45, 2.75) is 31.2 Å². The number of aryl methyl sites for hydroxylation is 2. The Morgan fingerprint density at radius 3 is 2.33 bits per heavy atom. The average molecular weight is 475 g/mol. The molecule has 4 heteroatoms. The van der Waals surface area contributed by atoms with Crippen LogP contribution in [-0.2, 0) is 24.8 Å². The highest BCUT2D eigenvalue weighted by Crippen LogP contribution is 2.36. The highest BCUT2D eigenvalue weighted by Gasteiger charge is 2.12. The Morgan fingerprint density at radius 1 is 0.905 bits per heavy atom. The largest absolute Gasteiger partial charge is 0.487 e. The van der Waals surface area contributed by atoms with E-state index in [-0.39, 0.29) is 0 Å². The van der Waals surface area contributed by atoms with Gasteiger partial charge in [0.15, 0.2) is 0 Å². The second kappa shape index (κ2) is 6.84. The molecule has 0 spiro atoms. The third-order valence-corrected chi connectivity index (χ3v) is 5.58. The van der Waals surface area contributed by atoms with Crippen LogP contribution in [0.1, 0.15) is 28.7 Å². The van der Waals surface area contributed by atoms with Crippen LogP contribution in [0.25, 0.3) is 0 Å². The van der Waals surface area contributed by atoms with Gasteiger partial charge in [0.25, 0.3) is 0 Å². The van der Waals surface area contributed by atoms with Gasteiger partial charge in [-0.15, -0.1) is 0 Å². The van der Waals surface area contributed by atoms with E-state index < -0.39 is 0 Å². The number of fused-ring (bicyclic) bond motifs is 1. The zero-order valence-corrected chi connectivity index (χ0v) is 16.2. The first kappa shape index (κ1) is 15.6. The molecule has 2 aromatic carbocycles. The van der Waals surface area contributed by atoms with E-state index in [1.54, 1.807) is 0 Å². The molecule has 3 rings (SSSR count). The molecular formula is C17H15Br3O. The van der Waals surface area contributed by atoms with Gasteiger partial charge in [-0.25, -0.2) is 0 Å². The minimum atomic E-state index is 0.595. The SMILES string of the molecule is BrCc1cc(Br)c(OCc2ccc3c(c2)CCC3)c(Br)c1. The molecule has 0 radical (unpaired) electrons. The minimum absolute atomic E-state index is 0.595. The van der Waals surface area contributed by atoms with Gasteiger partial charge in [0.2, 0.25) is 0 Å². The lowest BCUT2D eigenvalue weighted by molar-refractivity contribution is 0.302. The molecule has 0 atom stereocenters. The third-order valence-electron chi connectivity index (χ3n) is 3.76. The fraction of sp³-hybridized carbons (Fsp3) is 0.294. The number of rotatable bonds is 4. The van der Waals surface area contributed by atoms with Crippen molar-refractivity contribution in [1.82, 2.24) is 0 Å². The number of halogens is 3. The highest BCUT2D eigenvalue weighted by molar-refractivity contribution is 9.11. The zero-order chi connectivity index (χ0) is 14.8. The maximum absolute atomic E-state index is 6.00. The molecular weight excluding hydrogens is 460 g/mol. The van der Waals surface area contributed by atoms with Gasteiger partial charge in [0, 0.05) is 5.33 Å². The number of hydrogen-bond acceptors (Lipinski definition) is 1. The summed E-state index contributed by atoms with van der Waals surface area (Å²) < 4.78 is 7.96. The summed E-state index contributed by atoms with van der Waals surface area (Å²) in [6, 6.07) is 10.9. The quantitative estimate of drug-likeness (QED) is 0.481. The molecule has 0 saturated heterocycles. The summed E-state index contributed by atoms with van der Waals surface area (Å²) in [5, 5.41) is 0.829. The fourth-order valence-corrected chi connectivity index (χ4v) is 4.53. The molecule has 0 amide bonds. The summed E-state index contributed by atoms with van der Waals surface area (Å²) in [6.45, 7) is 0.595. The number of hydrogen-bond donors (Lipinski definition) is 0. The lowest BCUT2D eigenvalue weighted by Gasteiger charge is -2.12. The predicted octanol–water partition coefficient (Wildman–Crippen LogP) is 6.17. The summed E-state index contributed by atoms with van der Waals surface area (Å²) in [5.74, 6) is 0.861. The van der Waals surface area contributed by atoms with Crippen molar-refractivity contribution in [3.8, 4) is 5.75 Å². The molecule has 21 heavy (non-hydrogen) atoms. The van der Waals surface area contributed by atoms with E-state index >= 15 is 0 Å². The van der Waals surface area contributed by atoms with Gasteiger partial charge in [-0.3, -0.25) is 0 Å². The van der Waals surface area contributed by atoms with Crippen LogP contribution in [0.3, 0.4) is 0 Å². The van der Waals surface area contributed by atoms with Crippen molar-refractivity contribution < 1.29 is 4.74 Å². The zero-order valence-electron chi connectivity index (χ0n) is 11.5. The van der Waals surface area contributed by atoms with Crippen molar-refractivity contribution in [2.75, 3.05) is 0 Å². The van der Waals surface area contributed by atoms with Crippen molar-refractivity contribution >= 4 is 47.8 Å². The van der Waals surface area contributed by atoms with Crippen molar-refractivity contribution in [3.63, 3.8) is 0 Å². The van der Waals surface area contributed by atoms with Gasteiger partial charge in [0.05, 0.1) is 8.95 Å². The average Bonchev–Trinajstić information content (AvgIpc) is 2.93. The Morgan fingerprint density at radius 2 is 1.62 bits per heavy atom. The molecule has 0 saturated carbocycles. The molecule has 110 valence electrons. The van der Waals surface area contributed by atoms with Gasteiger partial charge in [-0.1, -0.05) is 34.1 Å². The van der Waals surface area contributed by atoms with Crippen LogP contribution in [0.4, 0.5) is 0 Å². The van der Waals surface area contributed by atoms with Crippen molar-refractivity contribution in [1.29, 1.82) is 0 Å². The predicted molar refractivity (Wildman–Crippen MR) is 97.3 cm³/mol. The first-order valence-corrected chi connectivity index (χ1v) is 9.65. The third kappa shape index (κ3) is 3.54. The van der Waals surface area contributed by atoms with Crippen LogP contribution in [0.2, 0.25) is 0 Å². The maximum atomic E-state index is 6.00. The Balaban J connectivity index is 1.76. The molecule has 0 unspecified atom stereocenters. The summed E-state index contributed by atoms with van der Waals surface area (Å²) in [4.78, 5) is 0. The van der Waals surface area contributed by atoms with E-state index in [1.165, 1.54) is 41.5 Å². The van der Waals surface area contributed by atoms with Crippen molar-refractivity contribution in [3.05, 3.63) is 61.5 Å². The first-order chi connectivity index (χ1) is 10.2. The van der Waals surface area contributed by atoms with E-state index in [0.29, 0.717) is 6.61 Å². The van der Waals surface area contributed by atoms with Crippen LogP contribution in [-0.4, -0.2) is 0 Å². The topological polar surface area (TPSA) is 9.23 Å². The van der Waals surface area contributed by atoms with Crippen LogP contribution in [0, 0.1) is 0 Å². The molecule has 1 nitrogen and oxygen atoms in total. The van der Waals surface area contributed by atoms with Crippen LogP contribution in [0.15, 0.2) is 39.3 Å². The molecule has 1 aliphatic rings. The van der Waals surface area contributed by atoms with Crippen LogP contribution >= 0.6 is 47.8 Å². The lowest BCUT2D eigenvalue weighted by Crippen LogP contribution is -1.98. The second-order valence-corrected chi connectivity index (χ2v) is 7.54. The molecule has 0 heterocycles. The molecule has 2 aromatic rings. The van der Waals surface area contributed by atoms with Crippen LogP contribution < -0.4 is 4.74 Å². The van der Waals surface area contributed by atoms with Gasteiger partial charge in [-0.2, -0.15) is 0 Å². The van der Waals surface area contributed by atoms with E-state index in [4.69, 9.17) is 4.74 Å². The highest BCUT2D eigenvalue weighted by atomic mass is 79.9. The lowest BCUT2D eigenvalue weighted by atomic mass is 10.1. The van der Waals surface area contributed by atoms with Gasteiger partial charge >= 0.3 is 0 Å². The Labute approximate surface area is 150 Å². The molecule has 1 aliphatic carbocycles. The van der Waals surface area contributed by atoms with Crippen molar-refractivity contribution in [2.24, 2.45) is 0 Å². The first-order valence-electron chi connectivity index (χ1n) is 6.94. The fourth-order valence-electron chi connectivity index (χ4n) is 2.70. The number of ether oxygens (including phenoxy) is 1. The minimum Gasteiger partial charge on any atom is -0.487 e. The Kier molecular flexibility index (Phi) is 5.07. The molecule has 0 aliphatic heterocycles. The summed E-state index contributed by atoms with van der Waals surface area (Å²) in [6.07, 6.45) is 3.71. The van der Waals surface area contributed by atoms with Gasteiger partial charge in [-0.05, 0) is 85.5 Å². The van der Waals surface area contributed by atoms with E-state index in [1.807, 2.05) is 0 Å². The number of alkyl halides is 1. The molecule has 0 fully saturated rings. The molecule has 0 N–H and O–H groups in total. The van der Waals surface area contributed by atoms with E-state index in [0.717, 1.165) is 20.0 Å². The van der Waals surface area contributed by atoms with Gasteiger partial charge < -0.3 is 4.74 Å². The van der Waals surface area contributed by atoms with E-state index in [9.17, 15) is 0 Å². The Hall–Kier alpha value is -0.320. The van der Waals surface area contributed by atoms with Gasteiger partial charge in [0.1, 0.15) is 12.4 Å². The molecule has 0 bridgehead atoms. The number of benzene rings is 2. The molecule has 0 aromatic heterocycles. The Bertz CT molecular complexity index is 644. The summed E-state index contributed by atoms with van der Waals surface area (Å²) in [5.41, 5.74) is 5.43. The smallest absolute Gasteiger partial charge is 0.148 e. The standard InChI is InChI=1S/C17H15Br3O/c18-9-12-7-15(19)17(16(20)8-12)21-10-11-4-5-13-2-1-3-14(13)6-11/h4-8H,1-3,9-10H2. The monoisotopic (exact) mass is 472 g/mol.